The second-order valence-electron chi connectivity index (χ2n) is 11.2. The summed E-state index contributed by atoms with van der Waals surface area (Å²) in [5, 5.41) is 26.5. The average Bonchev–Trinajstić information content (AvgIpc) is 3.48. The van der Waals surface area contributed by atoms with Gasteiger partial charge in [0, 0.05) is 23.8 Å². The second-order valence-corrected chi connectivity index (χ2v) is 11.2. The summed E-state index contributed by atoms with van der Waals surface area (Å²) in [5.74, 6) is 0.0313. The topological polar surface area (TPSA) is 118 Å². The Balaban J connectivity index is 1.40. The van der Waals surface area contributed by atoms with Crippen LogP contribution in [0.3, 0.4) is 0 Å². The number of aryl methyl sites for hydroxylation is 1. The van der Waals surface area contributed by atoms with E-state index in [9.17, 15) is 10.4 Å². The lowest BCUT2D eigenvalue weighted by Gasteiger charge is -2.60. The molecule has 0 unspecified atom stereocenters. The molecule has 2 aliphatic carbocycles. The number of allylic oxidation sites excluding steroid dienone is 1. The molecule has 10 nitrogen and oxygen atoms in total. The molecular weight excluding hydrogens is 448 g/mol. The number of hydroxylamine groups is 1. The maximum absolute atomic E-state index is 11.4. The number of anilines is 1. The van der Waals surface area contributed by atoms with Crippen LogP contribution >= 0.6 is 0 Å². The number of fused-ring (bicyclic) bond motifs is 2. The Morgan fingerprint density at radius 1 is 1.09 bits per heavy atom. The molecule has 0 aromatic carbocycles. The Hall–Kier alpha value is -2.56. The fourth-order valence-corrected chi connectivity index (χ4v) is 7.30. The van der Waals surface area contributed by atoms with Crippen LogP contribution in [0.5, 0.6) is 0 Å². The molecule has 0 radical (unpaired) electrons. The zero-order valence-corrected chi connectivity index (χ0v) is 20.6. The average molecular weight is 483 g/mol. The third-order valence-corrected chi connectivity index (χ3v) is 9.46. The first-order valence-corrected chi connectivity index (χ1v) is 12.6. The summed E-state index contributed by atoms with van der Waals surface area (Å²) in [4.78, 5) is 13.0. The van der Waals surface area contributed by atoms with Crippen LogP contribution in [0.4, 0.5) is 5.82 Å². The van der Waals surface area contributed by atoms with E-state index in [4.69, 9.17) is 9.47 Å². The van der Waals surface area contributed by atoms with E-state index in [1.165, 1.54) is 11.4 Å². The molecule has 6 rings (SSSR count). The SMILES string of the molecule is C[C@]1(/C=C/[C@]2(C)CCn3cnc4ncnc(c43)N2O)/C(=N/O)CC[C@]2(C)[C@@H]1CCCC21OCCO1. The van der Waals surface area contributed by atoms with E-state index in [0.717, 1.165) is 36.9 Å². The first-order valence-electron chi connectivity index (χ1n) is 12.6. The molecule has 4 aliphatic rings. The van der Waals surface area contributed by atoms with Gasteiger partial charge in [0.05, 0.1) is 30.8 Å². The second kappa shape index (κ2) is 7.72. The van der Waals surface area contributed by atoms with Crippen LogP contribution in [0.15, 0.2) is 30.0 Å². The van der Waals surface area contributed by atoms with Crippen LogP contribution in [0, 0.1) is 16.7 Å². The summed E-state index contributed by atoms with van der Waals surface area (Å²) in [5.41, 5.74) is 0.610. The Bertz CT molecular complexity index is 1210. The van der Waals surface area contributed by atoms with Crippen LogP contribution < -0.4 is 5.06 Å². The summed E-state index contributed by atoms with van der Waals surface area (Å²) in [7, 11) is 0. The largest absolute Gasteiger partial charge is 0.411 e. The highest BCUT2D eigenvalue weighted by molar-refractivity contribution is 5.92. The Labute approximate surface area is 204 Å². The fourth-order valence-electron chi connectivity index (χ4n) is 7.30. The Kier molecular flexibility index (Phi) is 5.04. The van der Waals surface area contributed by atoms with Crippen LogP contribution in [0.25, 0.3) is 11.2 Å². The van der Waals surface area contributed by atoms with Gasteiger partial charge in [0.25, 0.3) is 0 Å². The van der Waals surface area contributed by atoms with Crippen molar-refractivity contribution < 1.29 is 19.9 Å². The van der Waals surface area contributed by atoms with Gasteiger partial charge in [-0.15, -0.1) is 0 Å². The molecule has 2 aromatic rings. The molecule has 35 heavy (non-hydrogen) atoms. The van der Waals surface area contributed by atoms with Gasteiger partial charge >= 0.3 is 0 Å². The van der Waals surface area contributed by atoms with Gasteiger partial charge in [-0.25, -0.2) is 20.0 Å². The van der Waals surface area contributed by atoms with Gasteiger partial charge in [-0.3, -0.25) is 5.21 Å². The van der Waals surface area contributed by atoms with E-state index >= 15 is 0 Å². The molecule has 2 saturated carbocycles. The third-order valence-electron chi connectivity index (χ3n) is 9.46. The number of hydrogen-bond donors (Lipinski definition) is 2. The summed E-state index contributed by atoms with van der Waals surface area (Å²) < 4.78 is 14.6. The van der Waals surface area contributed by atoms with E-state index in [-0.39, 0.29) is 11.3 Å². The minimum absolute atomic E-state index is 0.169. The molecule has 1 spiro atoms. The number of rotatable bonds is 2. The summed E-state index contributed by atoms with van der Waals surface area (Å²) in [6, 6.07) is 0. The van der Waals surface area contributed by atoms with Crippen molar-refractivity contribution in [3.63, 3.8) is 0 Å². The van der Waals surface area contributed by atoms with Crippen LogP contribution in [0.2, 0.25) is 0 Å². The van der Waals surface area contributed by atoms with E-state index in [0.29, 0.717) is 44.1 Å². The molecule has 2 aliphatic heterocycles. The third kappa shape index (κ3) is 3.06. The fraction of sp³-hybridized carbons (Fsp3) is 0.680. The lowest BCUT2D eigenvalue weighted by molar-refractivity contribution is -0.279. The summed E-state index contributed by atoms with van der Waals surface area (Å²) >= 11 is 0. The smallest absolute Gasteiger partial charge is 0.183 e. The molecule has 188 valence electrons. The molecule has 10 heteroatoms. The van der Waals surface area contributed by atoms with Crippen LogP contribution in [-0.4, -0.2) is 60.2 Å². The number of aromatic nitrogens is 4. The van der Waals surface area contributed by atoms with Crippen molar-refractivity contribution in [2.45, 2.75) is 77.2 Å². The molecule has 1 saturated heterocycles. The number of nitrogens with zero attached hydrogens (tertiary/aromatic N) is 6. The van der Waals surface area contributed by atoms with Crippen LogP contribution in [0.1, 0.15) is 59.3 Å². The normalized spacial score (nSPS) is 37.9. The minimum atomic E-state index is -0.732. The van der Waals surface area contributed by atoms with Gasteiger partial charge in [-0.2, -0.15) is 0 Å². The van der Waals surface area contributed by atoms with Crippen molar-refractivity contribution in [1.82, 2.24) is 19.5 Å². The van der Waals surface area contributed by atoms with Gasteiger partial charge in [0.1, 0.15) is 11.8 Å². The number of hydrogen-bond acceptors (Lipinski definition) is 9. The molecule has 0 amide bonds. The maximum Gasteiger partial charge on any atom is 0.183 e. The number of ether oxygens (including phenoxy) is 2. The van der Waals surface area contributed by atoms with Crippen molar-refractivity contribution in [2.24, 2.45) is 21.9 Å². The number of imidazole rings is 1. The van der Waals surface area contributed by atoms with E-state index in [2.05, 4.69) is 46.1 Å². The first kappa shape index (κ1) is 22.9. The highest BCUT2D eigenvalue weighted by atomic mass is 16.7. The molecule has 0 bridgehead atoms. The van der Waals surface area contributed by atoms with E-state index in [1.807, 2.05) is 11.5 Å². The first-order chi connectivity index (χ1) is 16.8. The van der Waals surface area contributed by atoms with Gasteiger partial charge < -0.3 is 19.2 Å². The van der Waals surface area contributed by atoms with E-state index < -0.39 is 16.7 Å². The predicted molar refractivity (Wildman–Crippen MR) is 128 cm³/mol. The molecule has 3 fully saturated rings. The Morgan fingerprint density at radius 3 is 2.66 bits per heavy atom. The summed E-state index contributed by atoms with van der Waals surface area (Å²) in [6.07, 6.45) is 12.4. The molecule has 4 atom stereocenters. The highest BCUT2D eigenvalue weighted by Gasteiger charge is 2.64. The highest BCUT2D eigenvalue weighted by Crippen LogP contribution is 2.63. The Morgan fingerprint density at radius 2 is 1.89 bits per heavy atom. The lowest BCUT2D eigenvalue weighted by atomic mass is 9.48. The summed E-state index contributed by atoms with van der Waals surface area (Å²) in [6.45, 7) is 8.36. The number of oxime groups is 1. The van der Waals surface area contributed by atoms with Crippen molar-refractivity contribution in [1.29, 1.82) is 0 Å². The molecule has 2 aromatic heterocycles. The maximum atomic E-state index is 11.4. The van der Waals surface area contributed by atoms with Crippen molar-refractivity contribution >= 4 is 22.7 Å². The zero-order valence-electron chi connectivity index (χ0n) is 20.6. The van der Waals surface area contributed by atoms with Crippen molar-refractivity contribution in [3.8, 4) is 0 Å². The quantitative estimate of drug-likeness (QED) is 0.376. The van der Waals surface area contributed by atoms with Crippen molar-refractivity contribution in [3.05, 3.63) is 24.8 Å². The minimum Gasteiger partial charge on any atom is -0.411 e. The van der Waals surface area contributed by atoms with E-state index in [1.54, 1.807) is 6.33 Å². The van der Waals surface area contributed by atoms with Gasteiger partial charge in [0.2, 0.25) is 0 Å². The molecular formula is C25H34N6O4. The zero-order chi connectivity index (χ0) is 24.5. The van der Waals surface area contributed by atoms with Crippen molar-refractivity contribution in [2.75, 3.05) is 18.3 Å². The monoisotopic (exact) mass is 482 g/mol. The standard InChI is InChI=1S/C25H34N6O4/c1-22(11-12-30-16-28-20-19(30)21(31(22)33)27-15-26-20)9-10-23(2)17-5-4-7-25(34-13-14-35-25)24(17,3)8-6-18(23)29-32/h9-10,15-17,32-33H,4-8,11-14H2,1-3H3/b10-9+,29-18+/t17-,22-,23-,24-/m1/s1. The van der Waals surface area contributed by atoms with Gasteiger partial charge in [-0.1, -0.05) is 31.2 Å². The predicted octanol–water partition coefficient (Wildman–Crippen LogP) is 3.92. The molecule has 2 N–H and O–H groups in total. The van der Waals surface area contributed by atoms with Gasteiger partial charge in [0.15, 0.2) is 17.3 Å². The van der Waals surface area contributed by atoms with Gasteiger partial charge in [-0.05, 0) is 44.9 Å². The van der Waals surface area contributed by atoms with Crippen LogP contribution in [-0.2, 0) is 16.0 Å². The lowest BCUT2D eigenvalue weighted by Crippen LogP contribution is -2.62. The molecule has 4 heterocycles.